The van der Waals surface area contributed by atoms with Crippen LogP contribution in [0.5, 0.6) is 5.75 Å². The highest BCUT2D eigenvalue weighted by Gasteiger charge is 2.26. The van der Waals surface area contributed by atoms with E-state index in [0.717, 1.165) is 52.4 Å². The van der Waals surface area contributed by atoms with E-state index in [1.165, 1.54) is 5.56 Å². The number of methoxy groups -OCH3 is 1. The highest BCUT2D eigenvalue weighted by atomic mass is 16.5. The number of hydrogen-bond donors (Lipinski definition) is 0. The molecule has 134 valence electrons. The minimum Gasteiger partial charge on any atom is -0.497 e. The summed E-state index contributed by atoms with van der Waals surface area (Å²) in [6, 6.07) is 16.0. The van der Waals surface area contributed by atoms with E-state index in [4.69, 9.17) is 18.7 Å². The monoisotopic (exact) mass is 358 g/mol. The lowest BCUT2D eigenvalue weighted by Gasteiger charge is -2.14. The van der Waals surface area contributed by atoms with Crippen LogP contribution in [0, 0.1) is 6.92 Å². The van der Waals surface area contributed by atoms with Gasteiger partial charge in [0, 0.05) is 16.7 Å². The molecule has 0 amide bonds. The van der Waals surface area contributed by atoms with E-state index < -0.39 is 0 Å². The van der Waals surface area contributed by atoms with Gasteiger partial charge in [-0.25, -0.2) is 4.98 Å². The van der Waals surface area contributed by atoms with Crippen molar-refractivity contribution >= 4 is 0 Å². The number of benzene rings is 2. The van der Waals surface area contributed by atoms with Crippen molar-refractivity contribution in [3.05, 3.63) is 65.4 Å². The molecule has 2 aromatic heterocycles. The summed E-state index contributed by atoms with van der Waals surface area (Å²) in [4.78, 5) is 4.70. The second kappa shape index (κ2) is 6.13. The highest BCUT2D eigenvalue weighted by Crippen LogP contribution is 2.39. The van der Waals surface area contributed by atoms with Crippen molar-refractivity contribution < 1.29 is 13.7 Å². The number of fused-ring (bicyclic) bond motifs is 3. The number of ether oxygens (including phenoxy) is 1. The Morgan fingerprint density at radius 2 is 1.85 bits per heavy atom. The summed E-state index contributed by atoms with van der Waals surface area (Å²) >= 11 is 0. The van der Waals surface area contributed by atoms with E-state index in [9.17, 15) is 0 Å². The Kier molecular flexibility index (Phi) is 3.60. The first-order chi connectivity index (χ1) is 13.2. The van der Waals surface area contributed by atoms with Crippen molar-refractivity contribution in [1.29, 1.82) is 0 Å². The SMILES string of the molecule is COc1ccc2c(c1)CCc1nc(-c3onc(-c4ccccc4)c3C)oc1-2. The molecule has 0 atom stereocenters. The average molecular weight is 358 g/mol. The molecule has 5 nitrogen and oxygen atoms in total. The molecule has 2 aromatic carbocycles. The molecule has 0 spiro atoms. The van der Waals surface area contributed by atoms with Gasteiger partial charge in [0.05, 0.1) is 12.8 Å². The molecule has 0 saturated heterocycles. The van der Waals surface area contributed by atoms with Crippen LogP contribution in [0.2, 0.25) is 0 Å². The predicted octanol–water partition coefficient (Wildman–Crippen LogP) is 5.08. The highest BCUT2D eigenvalue weighted by molar-refractivity contribution is 5.72. The van der Waals surface area contributed by atoms with Gasteiger partial charge >= 0.3 is 0 Å². The van der Waals surface area contributed by atoms with Gasteiger partial charge in [0.1, 0.15) is 11.4 Å². The Labute approximate surface area is 156 Å². The minimum atomic E-state index is 0.482. The standard InChI is InChI=1S/C22H18N2O3/c1-13-19(14-6-4-3-5-7-14)24-27-20(13)22-23-18-11-8-15-12-16(25-2)9-10-17(15)21(18)26-22/h3-7,9-10,12H,8,11H2,1-2H3. The number of rotatable bonds is 3. The zero-order valence-corrected chi connectivity index (χ0v) is 15.2. The molecule has 2 heterocycles. The summed E-state index contributed by atoms with van der Waals surface area (Å²) in [5, 5.41) is 4.24. The normalized spacial score (nSPS) is 12.5. The largest absolute Gasteiger partial charge is 0.497 e. The van der Waals surface area contributed by atoms with Crippen molar-refractivity contribution in [2.45, 2.75) is 19.8 Å². The van der Waals surface area contributed by atoms with Crippen LogP contribution in [-0.4, -0.2) is 17.3 Å². The molecule has 4 aromatic rings. The molecule has 0 bridgehead atoms. The lowest BCUT2D eigenvalue weighted by Crippen LogP contribution is -2.03. The van der Waals surface area contributed by atoms with Crippen molar-refractivity contribution in [1.82, 2.24) is 10.1 Å². The van der Waals surface area contributed by atoms with Gasteiger partial charge in [-0.05, 0) is 43.5 Å². The molecule has 0 fully saturated rings. The van der Waals surface area contributed by atoms with Crippen molar-refractivity contribution in [2.24, 2.45) is 0 Å². The molecule has 0 unspecified atom stereocenters. The van der Waals surface area contributed by atoms with Crippen molar-refractivity contribution in [2.75, 3.05) is 7.11 Å². The fourth-order valence-electron chi connectivity index (χ4n) is 3.61. The fraction of sp³-hybridized carbons (Fsp3) is 0.182. The predicted molar refractivity (Wildman–Crippen MR) is 102 cm³/mol. The number of aryl methyl sites for hydroxylation is 2. The molecule has 1 aliphatic rings. The molecule has 1 aliphatic carbocycles. The Balaban J connectivity index is 1.58. The molecular formula is C22H18N2O3. The van der Waals surface area contributed by atoms with Crippen LogP contribution in [-0.2, 0) is 12.8 Å². The van der Waals surface area contributed by atoms with Crippen LogP contribution in [0.4, 0.5) is 0 Å². The van der Waals surface area contributed by atoms with Crippen LogP contribution in [0.25, 0.3) is 34.2 Å². The Bertz CT molecular complexity index is 1130. The third kappa shape index (κ3) is 2.54. The molecular weight excluding hydrogens is 340 g/mol. The average Bonchev–Trinajstić information content (AvgIpc) is 3.31. The van der Waals surface area contributed by atoms with Gasteiger partial charge in [-0.15, -0.1) is 0 Å². The summed E-state index contributed by atoms with van der Waals surface area (Å²) in [6.45, 7) is 1.98. The van der Waals surface area contributed by atoms with Gasteiger partial charge in [-0.1, -0.05) is 35.5 Å². The molecule has 0 aliphatic heterocycles. The third-order valence-electron chi connectivity index (χ3n) is 5.05. The van der Waals surface area contributed by atoms with Gasteiger partial charge in [0.25, 0.3) is 5.89 Å². The minimum absolute atomic E-state index is 0.482. The number of oxazole rings is 1. The van der Waals surface area contributed by atoms with Crippen LogP contribution in [0.3, 0.4) is 0 Å². The molecule has 0 N–H and O–H groups in total. The molecule has 0 radical (unpaired) electrons. The first-order valence-corrected chi connectivity index (χ1v) is 8.93. The van der Waals surface area contributed by atoms with Gasteiger partial charge in [-0.2, -0.15) is 0 Å². The first kappa shape index (κ1) is 15.9. The van der Waals surface area contributed by atoms with Crippen molar-refractivity contribution in [3.63, 3.8) is 0 Å². The zero-order valence-electron chi connectivity index (χ0n) is 15.2. The summed E-state index contributed by atoms with van der Waals surface area (Å²) < 4.78 is 17.1. The topological polar surface area (TPSA) is 61.3 Å². The summed E-state index contributed by atoms with van der Waals surface area (Å²) in [7, 11) is 1.68. The van der Waals surface area contributed by atoms with Crippen LogP contribution >= 0.6 is 0 Å². The van der Waals surface area contributed by atoms with E-state index in [1.54, 1.807) is 7.11 Å². The summed E-state index contributed by atoms with van der Waals surface area (Å²) in [6.07, 6.45) is 1.74. The number of hydrogen-bond acceptors (Lipinski definition) is 5. The molecule has 0 saturated carbocycles. The van der Waals surface area contributed by atoms with E-state index in [1.807, 2.05) is 49.4 Å². The van der Waals surface area contributed by atoms with E-state index in [0.29, 0.717) is 11.7 Å². The third-order valence-corrected chi connectivity index (χ3v) is 5.05. The van der Waals surface area contributed by atoms with E-state index >= 15 is 0 Å². The summed E-state index contributed by atoms with van der Waals surface area (Å²) in [5.74, 6) is 2.73. The quantitative estimate of drug-likeness (QED) is 0.511. The van der Waals surface area contributed by atoms with E-state index in [-0.39, 0.29) is 0 Å². The fourth-order valence-corrected chi connectivity index (χ4v) is 3.61. The lowest BCUT2D eigenvalue weighted by molar-refractivity contribution is 0.414. The Hall–Kier alpha value is -3.34. The van der Waals surface area contributed by atoms with E-state index in [2.05, 4.69) is 11.2 Å². The zero-order chi connectivity index (χ0) is 18.4. The molecule has 5 rings (SSSR count). The van der Waals surface area contributed by atoms with Crippen LogP contribution < -0.4 is 4.74 Å². The second-order valence-corrected chi connectivity index (χ2v) is 6.67. The van der Waals surface area contributed by atoms with Crippen molar-refractivity contribution in [3.8, 4) is 40.0 Å². The van der Waals surface area contributed by atoms with Crippen LogP contribution in [0.1, 0.15) is 16.8 Å². The summed E-state index contributed by atoms with van der Waals surface area (Å²) in [5.41, 5.74) is 5.99. The van der Waals surface area contributed by atoms with Gasteiger partial charge < -0.3 is 13.7 Å². The second-order valence-electron chi connectivity index (χ2n) is 6.67. The van der Waals surface area contributed by atoms with Gasteiger partial charge in [-0.3, -0.25) is 0 Å². The van der Waals surface area contributed by atoms with Crippen LogP contribution in [0.15, 0.2) is 57.5 Å². The maximum atomic E-state index is 6.14. The number of nitrogens with zero attached hydrogens (tertiary/aromatic N) is 2. The smallest absolute Gasteiger partial charge is 0.266 e. The maximum absolute atomic E-state index is 6.14. The maximum Gasteiger partial charge on any atom is 0.266 e. The van der Waals surface area contributed by atoms with Gasteiger partial charge in [0.15, 0.2) is 5.76 Å². The van der Waals surface area contributed by atoms with Gasteiger partial charge in [0.2, 0.25) is 5.76 Å². The lowest BCUT2D eigenvalue weighted by atomic mass is 9.93. The number of aromatic nitrogens is 2. The molecule has 5 heteroatoms. The molecule has 27 heavy (non-hydrogen) atoms. The first-order valence-electron chi connectivity index (χ1n) is 8.93. The Morgan fingerprint density at radius 3 is 2.67 bits per heavy atom. The Morgan fingerprint density at radius 1 is 1.00 bits per heavy atom.